The molecule has 1 aliphatic carbocycles. The maximum absolute atomic E-state index is 4.46. The Kier molecular flexibility index (Phi) is 3.98. The third-order valence-corrected chi connectivity index (χ3v) is 4.42. The monoisotopic (exact) mass is 238 g/mol. The molecule has 1 aromatic heterocycles. The van der Waals surface area contributed by atoms with Crippen LogP contribution in [0.3, 0.4) is 0 Å². The van der Waals surface area contributed by atoms with Crippen molar-refractivity contribution in [2.45, 2.75) is 58.5 Å². The van der Waals surface area contributed by atoms with Crippen molar-refractivity contribution in [3.05, 3.63) is 16.1 Å². The summed E-state index contributed by atoms with van der Waals surface area (Å²) < 4.78 is 0. The van der Waals surface area contributed by atoms with Crippen molar-refractivity contribution in [3.63, 3.8) is 0 Å². The second-order valence-electron chi connectivity index (χ2n) is 5.27. The molecule has 1 unspecified atom stereocenters. The molecular formula is C13H22N2S. The van der Waals surface area contributed by atoms with Gasteiger partial charge in [0.25, 0.3) is 0 Å². The maximum Gasteiger partial charge on any atom is 0.107 e. The highest BCUT2D eigenvalue weighted by molar-refractivity contribution is 7.11. The number of nitrogens with zero attached hydrogens (tertiary/aromatic N) is 1. The Morgan fingerprint density at radius 2 is 2.19 bits per heavy atom. The molecule has 0 bridgehead atoms. The van der Waals surface area contributed by atoms with Crippen LogP contribution < -0.4 is 5.32 Å². The fraction of sp³-hybridized carbons (Fsp3) is 0.769. The van der Waals surface area contributed by atoms with E-state index in [4.69, 9.17) is 0 Å². The van der Waals surface area contributed by atoms with Crippen molar-refractivity contribution < 1.29 is 0 Å². The summed E-state index contributed by atoms with van der Waals surface area (Å²) >= 11 is 1.84. The second-order valence-corrected chi connectivity index (χ2v) is 6.42. The Labute approximate surface area is 102 Å². The molecule has 0 spiro atoms. The Balaban J connectivity index is 1.74. The van der Waals surface area contributed by atoms with Gasteiger partial charge in [0.15, 0.2) is 0 Å². The zero-order chi connectivity index (χ0) is 11.5. The molecule has 1 heterocycles. The highest BCUT2D eigenvalue weighted by Crippen LogP contribution is 2.33. The molecule has 0 aliphatic heterocycles. The fourth-order valence-corrected chi connectivity index (χ4v) is 2.75. The van der Waals surface area contributed by atoms with Crippen LogP contribution in [0.5, 0.6) is 0 Å². The molecule has 1 aromatic rings. The van der Waals surface area contributed by atoms with Gasteiger partial charge in [0.05, 0.1) is 0 Å². The molecule has 0 aromatic carbocycles. The van der Waals surface area contributed by atoms with Gasteiger partial charge in [-0.3, -0.25) is 0 Å². The van der Waals surface area contributed by atoms with Gasteiger partial charge in [0.1, 0.15) is 5.01 Å². The summed E-state index contributed by atoms with van der Waals surface area (Å²) in [7, 11) is 0. The van der Waals surface area contributed by atoms with Gasteiger partial charge < -0.3 is 5.32 Å². The lowest BCUT2D eigenvalue weighted by molar-refractivity contribution is 0.487. The molecule has 16 heavy (non-hydrogen) atoms. The largest absolute Gasteiger partial charge is 0.308 e. The predicted molar refractivity (Wildman–Crippen MR) is 69.8 cm³/mol. The van der Waals surface area contributed by atoms with E-state index in [1.165, 1.54) is 29.1 Å². The average Bonchev–Trinajstić information content (AvgIpc) is 2.91. The first-order valence-corrected chi connectivity index (χ1v) is 7.14. The molecule has 2 rings (SSSR count). The summed E-state index contributed by atoms with van der Waals surface area (Å²) in [5.41, 5.74) is 0. The topological polar surface area (TPSA) is 24.9 Å². The van der Waals surface area contributed by atoms with Gasteiger partial charge >= 0.3 is 0 Å². The molecule has 2 nitrogen and oxygen atoms in total. The van der Waals surface area contributed by atoms with Gasteiger partial charge in [-0.05, 0) is 25.2 Å². The molecule has 1 fully saturated rings. The minimum absolute atomic E-state index is 0.607. The van der Waals surface area contributed by atoms with E-state index in [1.54, 1.807) is 0 Å². The normalized spacial score (nSPS) is 18.0. The fourth-order valence-electron chi connectivity index (χ4n) is 1.87. The van der Waals surface area contributed by atoms with E-state index in [9.17, 15) is 0 Å². The van der Waals surface area contributed by atoms with Crippen LogP contribution >= 0.6 is 11.3 Å². The third-order valence-electron chi connectivity index (χ3n) is 3.13. The van der Waals surface area contributed by atoms with Gasteiger partial charge in [-0.1, -0.05) is 26.7 Å². The zero-order valence-corrected chi connectivity index (χ0v) is 11.3. The summed E-state index contributed by atoms with van der Waals surface area (Å²) in [5.74, 6) is 1.61. The van der Waals surface area contributed by atoms with Crippen LogP contribution in [0, 0.1) is 5.92 Å². The van der Waals surface area contributed by atoms with Gasteiger partial charge in [0.2, 0.25) is 0 Å². The Bertz CT molecular complexity index is 328. The summed E-state index contributed by atoms with van der Waals surface area (Å²) in [4.78, 5) is 5.86. The van der Waals surface area contributed by atoms with Crippen LogP contribution in [0.15, 0.2) is 6.20 Å². The second kappa shape index (κ2) is 5.28. The lowest BCUT2D eigenvalue weighted by Gasteiger charge is -2.11. The average molecular weight is 238 g/mol. The minimum Gasteiger partial charge on any atom is -0.308 e. The number of hydrogen-bond acceptors (Lipinski definition) is 3. The quantitative estimate of drug-likeness (QED) is 0.820. The Hall–Kier alpha value is -0.410. The van der Waals surface area contributed by atoms with Gasteiger partial charge in [0, 0.05) is 23.7 Å². The summed E-state index contributed by atoms with van der Waals surface area (Å²) in [5, 5.41) is 4.80. The number of thiazole rings is 1. The SMILES string of the molecule is CC(CC1CC1)NCc1ncc(C(C)C)s1. The van der Waals surface area contributed by atoms with E-state index in [1.807, 2.05) is 17.5 Å². The van der Waals surface area contributed by atoms with Crippen LogP contribution in [0.4, 0.5) is 0 Å². The van der Waals surface area contributed by atoms with Crippen molar-refractivity contribution >= 4 is 11.3 Å². The van der Waals surface area contributed by atoms with Crippen LogP contribution in [0.2, 0.25) is 0 Å². The number of nitrogens with one attached hydrogen (secondary N) is 1. The third kappa shape index (κ3) is 3.56. The van der Waals surface area contributed by atoms with Crippen molar-refractivity contribution in [1.29, 1.82) is 0 Å². The molecule has 1 N–H and O–H groups in total. The zero-order valence-electron chi connectivity index (χ0n) is 10.5. The molecule has 1 saturated carbocycles. The van der Waals surface area contributed by atoms with Crippen molar-refractivity contribution in [1.82, 2.24) is 10.3 Å². The smallest absolute Gasteiger partial charge is 0.107 e. The van der Waals surface area contributed by atoms with Gasteiger partial charge in [-0.15, -0.1) is 11.3 Å². The molecule has 0 amide bonds. The number of rotatable bonds is 6. The summed E-state index contributed by atoms with van der Waals surface area (Å²) in [6.07, 6.45) is 6.25. The summed E-state index contributed by atoms with van der Waals surface area (Å²) in [6.45, 7) is 7.67. The lowest BCUT2D eigenvalue weighted by Crippen LogP contribution is -2.25. The van der Waals surface area contributed by atoms with Crippen molar-refractivity contribution in [3.8, 4) is 0 Å². The number of hydrogen-bond donors (Lipinski definition) is 1. The Morgan fingerprint density at radius 3 is 2.75 bits per heavy atom. The molecule has 3 heteroatoms. The highest BCUT2D eigenvalue weighted by atomic mass is 32.1. The predicted octanol–water partition coefficient (Wildman–Crippen LogP) is 3.54. The van der Waals surface area contributed by atoms with E-state index in [0.717, 1.165) is 12.5 Å². The van der Waals surface area contributed by atoms with Crippen molar-refractivity contribution in [2.75, 3.05) is 0 Å². The molecule has 0 saturated heterocycles. The van der Waals surface area contributed by atoms with Gasteiger partial charge in [-0.2, -0.15) is 0 Å². The van der Waals surface area contributed by atoms with Crippen LogP contribution in [0.25, 0.3) is 0 Å². The van der Waals surface area contributed by atoms with Crippen LogP contribution in [0.1, 0.15) is 55.8 Å². The molecule has 90 valence electrons. The molecular weight excluding hydrogens is 216 g/mol. The molecule has 1 atom stereocenters. The van der Waals surface area contributed by atoms with Crippen LogP contribution in [-0.2, 0) is 6.54 Å². The number of aromatic nitrogens is 1. The standard InChI is InChI=1S/C13H22N2S/c1-9(2)12-7-15-13(16-12)8-14-10(3)6-11-4-5-11/h7,9-11,14H,4-6,8H2,1-3H3. The van der Waals surface area contributed by atoms with Crippen molar-refractivity contribution in [2.24, 2.45) is 5.92 Å². The minimum atomic E-state index is 0.607. The first kappa shape index (κ1) is 12.1. The highest BCUT2D eigenvalue weighted by Gasteiger charge is 2.23. The van der Waals surface area contributed by atoms with E-state index >= 15 is 0 Å². The first-order valence-electron chi connectivity index (χ1n) is 6.33. The van der Waals surface area contributed by atoms with E-state index in [2.05, 4.69) is 31.1 Å². The molecule has 1 aliphatic rings. The maximum atomic E-state index is 4.46. The van der Waals surface area contributed by atoms with E-state index in [-0.39, 0.29) is 0 Å². The Morgan fingerprint density at radius 1 is 1.44 bits per heavy atom. The first-order chi connectivity index (χ1) is 7.65. The lowest BCUT2D eigenvalue weighted by atomic mass is 10.1. The summed E-state index contributed by atoms with van der Waals surface area (Å²) in [6, 6.07) is 0.638. The van der Waals surface area contributed by atoms with E-state index in [0.29, 0.717) is 12.0 Å². The van der Waals surface area contributed by atoms with Crippen LogP contribution in [-0.4, -0.2) is 11.0 Å². The molecule has 0 radical (unpaired) electrons. The van der Waals surface area contributed by atoms with Gasteiger partial charge in [-0.25, -0.2) is 4.98 Å². The van der Waals surface area contributed by atoms with E-state index < -0.39 is 0 Å².